The summed E-state index contributed by atoms with van der Waals surface area (Å²) in [5.41, 5.74) is -0.425. The maximum Gasteiger partial charge on any atom is 0.525 e. The van der Waals surface area contributed by atoms with Crippen LogP contribution in [0.1, 0.15) is 45.7 Å². The molecule has 0 aromatic heterocycles. The van der Waals surface area contributed by atoms with Crippen LogP contribution in [0.4, 0.5) is 4.39 Å². The molecular formula is C18H22BFO3. The van der Waals surface area contributed by atoms with E-state index in [1.165, 1.54) is 6.08 Å². The number of aliphatic hydroxyl groups is 1. The van der Waals surface area contributed by atoms with Crippen molar-refractivity contribution in [3.05, 3.63) is 41.1 Å². The van der Waals surface area contributed by atoms with Gasteiger partial charge < -0.3 is 14.4 Å². The molecule has 23 heavy (non-hydrogen) atoms. The summed E-state index contributed by atoms with van der Waals surface area (Å²) in [6.45, 7) is 9.09. The molecule has 0 amide bonds. The maximum atomic E-state index is 14.6. The molecule has 5 heteroatoms. The predicted octanol–water partition coefficient (Wildman–Crippen LogP) is 3.36. The summed E-state index contributed by atoms with van der Waals surface area (Å²) in [7, 11) is -1.03. The fourth-order valence-corrected chi connectivity index (χ4v) is 2.09. The molecule has 1 aromatic rings. The van der Waals surface area contributed by atoms with Crippen molar-refractivity contribution in [3.63, 3.8) is 0 Å². The third-order valence-corrected chi connectivity index (χ3v) is 4.15. The fraction of sp³-hybridized carbons (Fsp3) is 0.444. The molecule has 1 saturated heterocycles. The Bertz CT molecular complexity index is 652. The topological polar surface area (TPSA) is 38.7 Å². The van der Waals surface area contributed by atoms with E-state index in [1.807, 2.05) is 33.8 Å². The minimum atomic E-state index is -1.03. The first-order valence-electron chi connectivity index (χ1n) is 7.64. The average molecular weight is 316 g/mol. The fourth-order valence-electron chi connectivity index (χ4n) is 2.09. The molecule has 0 spiro atoms. The van der Waals surface area contributed by atoms with Gasteiger partial charge in [0, 0.05) is 5.56 Å². The van der Waals surface area contributed by atoms with Crippen molar-refractivity contribution in [1.29, 1.82) is 0 Å². The summed E-state index contributed by atoms with van der Waals surface area (Å²) in [6, 6.07) is 7.16. The monoisotopic (exact) mass is 316 g/mol. The Hall–Kier alpha value is -1.61. The minimum absolute atomic E-state index is 0.505. The van der Waals surface area contributed by atoms with Crippen molar-refractivity contribution in [2.24, 2.45) is 0 Å². The lowest BCUT2D eigenvalue weighted by atomic mass is 9.86. The first-order chi connectivity index (χ1) is 10.6. The molecule has 1 aliphatic heterocycles. The number of hydrogen-bond donors (Lipinski definition) is 1. The zero-order valence-corrected chi connectivity index (χ0v) is 14.2. The lowest BCUT2D eigenvalue weighted by molar-refractivity contribution is 0.00578. The summed E-state index contributed by atoms with van der Waals surface area (Å²) < 4.78 is 26.0. The Morgan fingerprint density at radius 2 is 1.78 bits per heavy atom. The quantitative estimate of drug-likeness (QED) is 0.672. The van der Waals surface area contributed by atoms with E-state index in [4.69, 9.17) is 9.31 Å². The zero-order valence-electron chi connectivity index (χ0n) is 14.2. The number of hydrogen-bond acceptors (Lipinski definition) is 3. The first kappa shape index (κ1) is 17.7. The van der Waals surface area contributed by atoms with E-state index < -0.39 is 30.2 Å². The second-order valence-corrected chi connectivity index (χ2v) is 6.65. The van der Waals surface area contributed by atoms with E-state index in [-0.39, 0.29) is 0 Å². The zero-order chi connectivity index (χ0) is 17.3. The number of halogens is 1. The SMILES string of the molecule is CC(O)C#Cc1ccccc1C=C(F)B1OC(C)(C)C(C)(C)O1. The van der Waals surface area contributed by atoms with Gasteiger partial charge >= 0.3 is 7.12 Å². The van der Waals surface area contributed by atoms with Crippen molar-refractivity contribution in [1.82, 2.24) is 0 Å². The standard InChI is InChI=1S/C18H22BFO3/c1-13(21)10-11-14-8-6-7-9-15(14)12-16(20)19-22-17(2,3)18(4,5)23-19/h6-9,12-13,21H,1-5H3. The average Bonchev–Trinajstić information content (AvgIpc) is 2.66. The summed E-state index contributed by atoms with van der Waals surface area (Å²) in [6.07, 6.45) is 0.633. The van der Waals surface area contributed by atoms with Gasteiger partial charge in [-0.1, -0.05) is 30.0 Å². The summed E-state index contributed by atoms with van der Waals surface area (Å²) >= 11 is 0. The first-order valence-corrected chi connectivity index (χ1v) is 7.64. The van der Waals surface area contributed by atoms with Crippen LogP contribution in [0, 0.1) is 11.8 Å². The van der Waals surface area contributed by atoms with Gasteiger partial charge in [0.05, 0.1) is 11.2 Å². The highest BCUT2D eigenvalue weighted by Gasteiger charge is 2.53. The lowest BCUT2D eigenvalue weighted by Crippen LogP contribution is -2.41. The van der Waals surface area contributed by atoms with Crippen molar-refractivity contribution in [2.45, 2.75) is 51.9 Å². The van der Waals surface area contributed by atoms with Crippen LogP contribution in [0.3, 0.4) is 0 Å². The van der Waals surface area contributed by atoms with Crippen LogP contribution >= 0.6 is 0 Å². The third kappa shape index (κ3) is 4.03. The molecule has 0 radical (unpaired) electrons. The second-order valence-electron chi connectivity index (χ2n) is 6.65. The summed E-state index contributed by atoms with van der Waals surface area (Å²) in [5.74, 6) is 5.51. The molecule has 1 N–H and O–H groups in total. The van der Waals surface area contributed by atoms with Gasteiger partial charge in [0.1, 0.15) is 11.8 Å². The van der Waals surface area contributed by atoms with Crippen LogP contribution in [-0.4, -0.2) is 29.5 Å². The Morgan fingerprint density at radius 1 is 1.22 bits per heavy atom. The Balaban J connectivity index is 2.28. The van der Waals surface area contributed by atoms with E-state index in [2.05, 4.69) is 11.8 Å². The van der Waals surface area contributed by atoms with Gasteiger partial charge in [-0.05, 0) is 52.3 Å². The molecule has 0 saturated carbocycles. The Kier molecular flexibility index (Phi) is 5.00. The van der Waals surface area contributed by atoms with E-state index >= 15 is 0 Å². The summed E-state index contributed by atoms with van der Waals surface area (Å²) in [5, 5.41) is 9.27. The van der Waals surface area contributed by atoms with Gasteiger partial charge in [-0.15, -0.1) is 0 Å². The van der Waals surface area contributed by atoms with Gasteiger partial charge in [-0.2, -0.15) is 0 Å². The molecule has 2 rings (SSSR count). The van der Waals surface area contributed by atoms with Gasteiger partial charge in [-0.3, -0.25) is 0 Å². The molecule has 122 valence electrons. The van der Waals surface area contributed by atoms with E-state index in [1.54, 1.807) is 25.1 Å². The molecule has 1 aliphatic rings. The van der Waals surface area contributed by atoms with E-state index in [9.17, 15) is 9.50 Å². The maximum absolute atomic E-state index is 14.6. The number of rotatable bonds is 2. The van der Waals surface area contributed by atoms with Gasteiger partial charge in [0.2, 0.25) is 0 Å². The molecule has 0 bridgehead atoms. The van der Waals surface area contributed by atoms with Crippen molar-refractivity contribution < 1.29 is 18.8 Å². The van der Waals surface area contributed by atoms with Crippen molar-refractivity contribution in [3.8, 4) is 11.8 Å². The minimum Gasteiger partial charge on any atom is -0.398 e. The Labute approximate surface area is 137 Å². The lowest BCUT2D eigenvalue weighted by Gasteiger charge is -2.32. The summed E-state index contributed by atoms with van der Waals surface area (Å²) in [4.78, 5) is 0. The molecule has 1 heterocycles. The van der Waals surface area contributed by atoms with E-state index in [0.717, 1.165) is 0 Å². The smallest absolute Gasteiger partial charge is 0.398 e. The highest BCUT2D eigenvalue weighted by atomic mass is 19.1. The Morgan fingerprint density at radius 3 is 2.35 bits per heavy atom. The number of benzene rings is 1. The predicted molar refractivity (Wildman–Crippen MR) is 90.2 cm³/mol. The van der Waals surface area contributed by atoms with Crippen molar-refractivity contribution in [2.75, 3.05) is 0 Å². The van der Waals surface area contributed by atoms with Crippen LogP contribution in [-0.2, 0) is 9.31 Å². The molecule has 1 unspecified atom stereocenters. The normalized spacial score (nSPS) is 20.8. The highest BCUT2D eigenvalue weighted by molar-refractivity contribution is 6.54. The largest absolute Gasteiger partial charge is 0.525 e. The molecule has 0 aliphatic carbocycles. The van der Waals surface area contributed by atoms with Gasteiger partial charge in [-0.25, -0.2) is 4.39 Å². The van der Waals surface area contributed by atoms with E-state index in [0.29, 0.717) is 11.1 Å². The second kappa shape index (κ2) is 6.49. The third-order valence-electron chi connectivity index (χ3n) is 4.15. The van der Waals surface area contributed by atoms with Crippen molar-refractivity contribution >= 4 is 13.2 Å². The molecule has 1 fully saturated rings. The number of aliphatic hydroxyl groups excluding tert-OH is 1. The molecule has 1 atom stereocenters. The van der Waals surface area contributed by atoms with Gasteiger partial charge in [0.25, 0.3) is 0 Å². The van der Waals surface area contributed by atoms with Crippen LogP contribution in [0.25, 0.3) is 6.08 Å². The molecule has 3 nitrogen and oxygen atoms in total. The van der Waals surface area contributed by atoms with Crippen LogP contribution in [0.15, 0.2) is 30.0 Å². The van der Waals surface area contributed by atoms with Crippen LogP contribution < -0.4 is 0 Å². The highest BCUT2D eigenvalue weighted by Crippen LogP contribution is 2.39. The molecular weight excluding hydrogens is 294 g/mol. The van der Waals surface area contributed by atoms with Crippen LogP contribution in [0.5, 0.6) is 0 Å². The van der Waals surface area contributed by atoms with Crippen LogP contribution in [0.2, 0.25) is 0 Å². The van der Waals surface area contributed by atoms with Gasteiger partial charge in [0.15, 0.2) is 0 Å². The molecule has 1 aromatic carbocycles.